The first kappa shape index (κ1) is 13.8. The Morgan fingerprint density at radius 2 is 2.33 bits per heavy atom. The minimum absolute atomic E-state index is 0.00977. The van der Waals surface area contributed by atoms with E-state index in [1.165, 1.54) is 0 Å². The lowest BCUT2D eigenvalue weighted by Gasteiger charge is -2.18. The van der Waals surface area contributed by atoms with Crippen LogP contribution in [0, 0.1) is 5.92 Å². The van der Waals surface area contributed by atoms with Crippen molar-refractivity contribution < 1.29 is 4.79 Å². The third kappa shape index (κ3) is 2.87. The summed E-state index contributed by atoms with van der Waals surface area (Å²) in [6.07, 6.45) is 0.967. The van der Waals surface area contributed by atoms with Crippen molar-refractivity contribution in [3.63, 3.8) is 0 Å². The standard InChI is InChI=1S/C13H16BrClN2O/c1-8(16)9-4-5-17(7-9)13(18)11-6-10(14)2-3-12(11)15/h2-3,6,8-9H,4-5,7,16H2,1H3. The van der Waals surface area contributed by atoms with Gasteiger partial charge in [-0.1, -0.05) is 27.5 Å². The molecule has 1 fully saturated rings. The zero-order valence-corrected chi connectivity index (χ0v) is 12.5. The minimum Gasteiger partial charge on any atom is -0.338 e. The molecule has 1 heterocycles. The summed E-state index contributed by atoms with van der Waals surface area (Å²) in [5.41, 5.74) is 6.43. The monoisotopic (exact) mass is 330 g/mol. The molecule has 0 bridgehead atoms. The summed E-state index contributed by atoms with van der Waals surface area (Å²) in [5.74, 6) is 0.379. The van der Waals surface area contributed by atoms with Gasteiger partial charge in [0, 0.05) is 23.6 Å². The first-order chi connectivity index (χ1) is 8.49. The van der Waals surface area contributed by atoms with Crippen LogP contribution in [-0.4, -0.2) is 29.9 Å². The third-order valence-electron chi connectivity index (χ3n) is 3.41. The Morgan fingerprint density at radius 1 is 1.61 bits per heavy atom. The second kappa shape index (κ2) is 5.59. The van der Waals surface area contributed by atoms with Gasteiger partial charge in [-0.15, -0.1) is 0 Å². The summed E-state index contributed by atoms with van der Waals surface area (Å²) in [6, 6.07) is 5.45. The zero-order chi connectivity index (χ0) is 13.3. The van der Waals surface area contributed by atoms with E-state index in [2.05, 4.69) is 15.9 Å². The van der Waals surface area contributed by atoms with E-state index >= 15 is 0 Å². The number of carbonyl (C=O) groups excluding carboxylic acids is 1. The van der Waals surface area contributed by atoms with Crippen LogP contribution < -0.4 is 5.73 Å². The Morgan fingerprint density at radius 3 is 2.94 bits per heavy atom. The molecule has 1 aromatic carbocycles. The van der Waals surface area contributed by atoms with E-state index in [9.17, 15) is 4.79 Å². The molecule has 0 radical (unpaired) electrons. The first-order valence-corrected chi connectivity index (χ1v) is 7.16. The van der Waals surface area contributed by atoms with Crippen LogP contribution in [0.15, 0.2) is 22.7 Å². The molecule has 0 aromatic heterocycles. The van der Waals surface area contributed by atoms with Crippen LogP contribution >= 0.6 is 27.5 Å². The van der Waals surface area contributed by atoms with E-state index in [1.54, 1.807) is 12.1 Å². The smallest absolute Gasteiger partial charge is 0.255 e. The highest BCUT2D eigenvalue weighted by Crippen LogP contribution is 2.26. The lowest BCUT2D eigenvalue weighted by Crippen LogP contribution is -2.33. The van der Waals surface area contributed by atoms with Gasteiger partial charge in [0.1, 0.15) is 0 Å². The lowest BCUT2D eigenvalue weighted by molar-refractivity contribution is 0.0786. The maximum absolute atomic E-state index is 12.4. The maximum Gasteiger partial charge on any atom is 0.255 e. The average molecular weight is 332 g/mol. The number of hydrogen-bond donors (Lipinski definition) is 1. The van der Waals surface area contributed by atoms with E-state index in [-0.39, 0.29) is 11.9 Å². The number of carbonyl (C=O) groups is 1. The lowest BCUT2D eigenvalue weighted by atomic mass is 10.0. The molecule has 0 aliphatic carbocycles. The van der Waals surface area contributed by atoms with Crippen LogP contribution in [-0.2, 0) is 0 Å². The normalized spacial score (nSPS) is 21.1. The minimum atomic E-state index is -0.00977. The van der Waals surface area contributed by atoms with Gasteiger partial charge in [-0.3, -0.25) is 4.79 Å². The van der Waals surface area contributed by atoms with Gasteiger partial charge in [0.2, 0.25) is 0 Å². The zero-order valence-electron chi connectivity index (χ0n) is 10.2. The summed E-state index contributed by atoms with van der Waals surface area (Å²) in [4.78, 5) is 14.2. The Labute approximate surface area is 120 Å². The Hall–Kier alpha value is -0.580. The number of likely N-dealkylation sites (tertiary alicyclic amines) is 1. The van der Waals surface area contributed by atoms with Crippen LogP contribution in [0.4, 0.5) is 0 Å². The van der Waals surface area contributed by atoms with Gasteiger partial charge < -0.3 is 10.6 Å². The molecule has 98 valence electrons. The summed E-state index contributed by atoms with van der Waals surface area (Å²) < 4.78 is 0.859. The van der Waals surface area contributed by atoms with Crippen LogP contribution in [0.2, 0.25) is 5.02 Å². The van der Waals surface area contributed by atoms with Crippen LogP contribution in [0.3, 0.4) is 0 Å². The summed E-state index contributed by atoms with van der Waals surface area (Å²) in [6.45, 7) is 3.47. The van der Waals surface area contributed by atoms with Gasteiger partial charge in [0.25, 0.3) is 5.91 Å². The van der Waals surface area contributed by atoms with Crippen molar-refractivity contribution in [1.29, 1.82) is 0 Å². The predicted molar refractivity (Wildman–Crippen MR) is 76.8 cm³/mol. The predicted octanol–water partition coefficient (Wildman–Crippen LogP) is 2.91. The molecule has 2 rings (SSSR count). The molecule has 2 N–H and O–H groups in total. The number of nitrogens with two attached hydrogens (primary N) is 1. The van der Waals surface area contributed by atoms with Crippen LogP contribution in [0.25, 0.3) is 0 Å². The number of halogens is 2. The van der Waals surface area contributed by atoms with E-state index < -0.39 is 0 Å². The van der Waals surface area contributed by atoms with Crippen LogP contribution in [0.5, 0.6) is 0 Å². The van der Waals surface area contributed by atoms with E-state index in [0.29, 0.717) is 16.5 Å². The highest BCUT2D eigenvalue weighted by Gasteiger charge is 2.29. The fraction of sp³-hybridized carbons (Fsp3) is 0.462. The van der Waals surface area contributed by atoms with Gasteiger partial charge in [-0.05, 0) is 37.5 Å². The second-order valence-electron chi connectivity index (χ2n) is 4.78. The van der Waals surface area contributed by atoms with Crippen molar-refractivity contribution in [2.45, 2.75) is 19.4 Å². The van der Waals surface area contributed by atoms with E-state index in [1.807, 2.05) is 17.9 Å². The van der Waals surface area contributed by atoms with Crippen LogP contribution in [0.1, 0.15) is 23.7 Å². The Balaban J connectivity index is 2.15. The number of amides is 1. The second-order valence-corrected chi connectivity index (χ2v) is 6.11. The highest BCUT2D eigenvalue weighted by atomic mass is 79.9. The fourth-order valence-electron chi connectivity index (χ4n) is 2.23. The Kier molecular flexibility index (Phi) is 4.30. The largest absolute Gasteiger partial charge is 0.338 e. The first-order valence-electron chi connectivity index (χ1n) is 5.99. The number of hydrogen-bond acceptors (Lipinski definition) is 2. The molecular weight excluding hydrogens is 316 g/mol. The number of nitrogens with zero attached hydrogens (tertiary/aromatic N) is 1. The van der Waals surface area contributed by atoms with Crippen molar-refractivity contribution in [2.75, 3.05) is 13.1 Å². The molecule has 18 heavy (non-hydrogen) atoms. The Bertz CT molecular complexity index is 464. The van der Waals surface area contributed by atoms with E-state index in [4.69, 9.17) is 17.3 Å². The molecule has 1 amide bonds. The van der Waals surface area contributed by atoms with Crippen molar-refractivity contribution in [3.8, 4) is 0 Å². The molecule has 5 heteroatoms. The molecule has 1 aliphatic heterocycles. The van der Waals surface area contributed by atoms with Crippen molar-refractivity contribution in [2.24, 2.45) is 11.7 Å². The summed E-state index contributed by atoms with van der Waals surface area (Å²) in [5, 5.41) is 0.493. The van der Waals surface area contributed by atoms with Crippen molar-refractivity contribution in [3.05, 3.63) is 33.3 Å². The molecule has 2 unspecified atom stereocenters. The maximum atomic E-state index is 12.4. The fourth-order valence-corrected chi connectivity index (χ4v) is 2.79. The molecule has 0 saturated carbocycles. The number of rotatable bonds is 2. The SMILES string of the molecule is CC(N)C1CCN(C(=O)c2cc(Br)ccc2Cl)C1. The molecule has 1 saturated heterocycles. The summed E-state index contributed by atoms with van der Waals surface area (Å²) >= 11 is 9.43. The van der Waals surface area contributed by atoms with E-state index in [0.717, 1.165) is 24.0 Å². The highest BCUT2D eigenvalue weighted by molar-refractivity contribution is 9.10. The molecule has 0 spiro atoms. The van der Waals surface area contributed by atoms with Gasteiger partial charge in [0.15, 0.2) is 0 Å². The molecule has 2 atom stereocenters. The number of benzene rings is 1. The van der Waals surface area contributed by atoms with Gasteiger partial charge >= 0.3 is 0 Å². The average Bonchev–Trinajstić information content (AvgIpc) is 2.81. The van der Waals surface area contributed by atoms with Gasteiger partial charge in [-0.2, -0.15) is 0 Å². The van der Waals surface area contributed by atoms with Crippen molar-refractivity contribution >= 4 is 33.4 Å². The van der Waals surface area contributed by atoms with Crippen molar-refractivity contribution in [1.82, 2.24) is 4.90 Å². The summed E-state index contributed by atoms with van der Waals surface area (Å²) in [7, 11) is 0. The third-order valence-corrected chi connectivity index (χ3v) is 4.24. The topological polar surface area (TPSA) is 46.3 Å². The van der Waals surface area contributed by atoms with Gasteiger partial charge in [0.05, 0.1) is 10.6 Å². The molecule has 1 aliphatic rings. The van der Waals surface area contributed by atoms with Gasteiger partial charge in [-0.25, -0.2) is 0 Å². The molecular formula is C13H16BrClN2O. The molecule has 3 nitrogen and oxygen atoms in total. The quantitative estimate of drug-likeness (QED) is 0.905. The molecule has 1 aromatic rings.